The molecule has 0 spiro atoms. The Hall–Kier alpha value is -0.120. The van der Waals surface area contributed by atoms with Crippen molar-refractivity contribution in [2.24, 2.45) is 0 Å². The predicted octanol–water partition coefficient (Wildman–Crippen LogP) is 1.01. The smallest absolute Gasteiger partial charge is 0.0322 e. The number of hydrogen-bond donors (Lipinski definition) is 1. The Morgan fingerprint density at radius 2 is 2.00 bits per heavy atom. The minimum atomic E-state index is 0.302. The molecule has 15 heavy (non-hydrogen) atoms. The van der Waals surface area contributed by atoms with Crippen LogP contribution in [0.2, 0.25) is 0 Å². The lowest BCUT2D eigenvalue weighted by Gasteiger charge is -2.36. The molecule has 1 atom stereocenters. The third-order valence-corrected chi connectivity index (χ3v) is 3.01. The molecular formula is C12H27N3. The van der Waals surface area contributed by atoms with Gasteiger partial charge in [0.2, 0.25) is 0 Å². The zero-order valence-corrected chi connectivity index (χ0v) is 11.0. The average molecular weight is 213 g/mol. The lowest BCUT2D eigenvalue weighted by Crippen LogP contribution is -2.49. The second-order valence-corrected chi connectivity index (χ2v) is 5.88. The van der Waals surface area contributed by atoms with Gasteiger partial charge in [0.25, 0.3) is 0 Å². The van der Waals surface area contributed by atoms with E-state index in [0.717, 1.165) is 13.1 Å². The molecule has 1 rings (SSSR count). The predicted molar refractivity (Wildman–Crippen MR) is 66.3 cm³/mol. The third kappa shape index (κ3) is 4.49. The monoisotopic (exact) mass is 213 g/mol. The molecule has 0 aromatic carbocycles. The Kier molecular flexibility index (Phi) is 4.56. The van der Waals surface area contributed by atoms with Crippen molar-refractivity contribution in [1.82, 2.24) is 15.1 Å². The standard InChI is InChI=1S/C12H27N3/c1-12(2,3)15-8-6-7-13-11(10-15)9-14(4)5/h11,13H,6-10H2,1-5H3. The van der Waals surface area contributed by atoms with E-state index >= 15 is 0 Å². The molecule has 0 saturated carbocycles. The van der Waals surface area contributed by atoms with Crippen molar-refractivity contribution < 1.29 is 0 Å². The van der Waals surface area contributed by atoms with Gasteiger partial charge in [-0.15, -0.1) is 0 Å². The molecule has 1 saturated heterocycles. The quantitative estimate of drug-likeness (QED) is 0.738. The minimum Gasteiger partial charge on any atom is -0.311 e. The first-order valence-corrected chi connectivity index (χ1v) is 6.03. The van der Waals surface area contributed by atoms with Crippen molar-refractivity contribution in [2.75, 3.05) is 40.3 Å². The molecule has 0 aromatic rings. The molecule has 0 aliphatic carbocycles. The van der Waals surface area contributed by atoms with Gasteiger partial charge in [-0.3, -0.25) is 4.90 Å². The van der Waals surface area contributed by atoms with Crippen LogP contribution in [-0.4, -0.2) is 61.7 Å². The molecule has 1 N–H and O–H groups in total. The van der Waals surface area contributed by atoms with Crippen molar-refractivity contribution in [2.45, 2.75) is 38.8 Å². The van der Waals surface area contributed by atoms with E-state index in [1.165, 1.54) is 19.5 Å². The number of nitrogens with zero attached hydrogens (tertiary/aromatic N) is 2. The van der Waals surface area contributed by atoms with Gasteiger partial charge in [-0.2, -0.15) is 0 Å². The summed E-state index contributed by atoms with van der Waals surface area (Å²) in [5.41, 5.74) is 0.302. The molecule has 1 fully saturated rings. The summed E-state index contributed by atoms with van der Waals surface area (Å²) in [6, 6.07) is 0.613. The summed E-state index contributed by atoms with van der Waals surface area (Å²) in [6.07, 6.45) is 1.27. The molecule has 1 heterocycles. The van der Waals surface area contributed by atoms with Crippen molar-refractivity contribution in [3.8, 4) is 0 Å². The summed E-state index contributed by atoms with van der Waals surface area (Å²) >= 11 is 0. The van der Waals surface area contributed by atoms with E-state index in [9.17, 15) is 0 Å². The number of nitrogens with one attached hydrogen (secondary N) is 1. The summed E-state index contributed by atoms with van der Waals surface area (Å²) in [5, 5.41) is 3.63. The van der Waals surface area contributed by atoms with Crippen LogP contribution in [0.3, 0.4) is 0 Å². The third-order valence-electron chi connectivity index (χ3n) is 3.01. The molecule has 3 heteroatoms. The van der Waals surface area contributed by atoms with Gasteiger partial charge in [0, 0.05) is 24.7 Å². The number of hydrogen-bond acceptors (Lipinski definition) is 3. The molecule has 90 valence electrons. The topological polar surface area (TPSA) is 18.5 Å². The van der Waals surface area contributed by atoms with E-state index in [0.29, 0.717) is 11.6 Å². The molecule has 0 bridgehead atoms. The van der Waals surface area contributed by atoms with Gasteiger partial charge in [0.1, 0.15) is 0 Å². The zero-order valence-electron chi connectivity index (χ0n) is 11.0. The van der Waals surface area contributed by atoms with Crippen molar-refractivity contribution in [1.29, 1.82) is 0 Å². The molecule has 0 aromatic heterocycles. The average Bonchev–Trinajstić information content (AvgIpc) is 2.27. The van der Waals surface area contributed by atoms with Gasteiger partial charge < -0.3 is 10.2 Å². The first-order chi connectivity index (χ1) is 6.89. The normalized spacial score (nSPS) is 25.6. The van der Waals surface area contributed by atoms with Crippen LogP contribution in [-0.2, 0) is 0 Å². The molecule has 3 nitrogen and oxygen atoms in total. The van der Waals surface area contributed by atoms with Crippen LogP contribution in [0, 0.1) is 0 Å². The zero-order chi connectivity index (χ0) is 11.5. The number of likely N-dealkylation sites (N-methyl/N-ethyl adjacent to an activating group) is 1. The van der Waals surface area contributed by atoms with Gasteiger partial charge in [-0.05, 0) is 54.4 Å². The Morgan fingerprint density at radius 3 is 2.53 bits per heavy atom. The summed E-state index contributed by atoms with van der Waals surface area (Å²) in [6.45, 7) is 11.6. The second-order valence-electron chi connectivity index (χ2n) is 5.88. The van der Waals surface area contributed by atoms with E-state index in [4.69, 9.17) is 0 Å². The van der Waals surface area contributed by atoms with Gasteiger partial charge in [-0.25, -0.2) is 0 Å². The largest absolute Gasteiger partial charge is 0.311 e. The van der Waals surface area contributed by atoms with Crippen LogP contribution in [0.25, 0.3) is 0 Å². The summed E-state index contributed by atoms with van der Waals surface area (Å²) < 4.78 is 0. The summed E-state index contributed by atoms with van der Waals surface area (Å²) in [4.78, 5) is 4.87. The fraction of sp³-hybridized carbons (Fsp3) is 1.00. The minimum absolute atomic E-state index is 0.302. The first-order valence-electron chi connectivity index (χ1n) is 6.03. The Morgan fingerprint density at radius 1 is 1.33 bits per heavy atom. The highest BCUT2D eigenvalue weighted by Gasteiger charge is 2.26. The van der Waals surface area contributed by atoms with Crippen LogP contribution >= 0.6 is 0 Å². The highest BCUT2D eigenvalue weighted by atomic mass is 15.2. The van der Waals surface area contributed by atoms with Gasteiger partial charge in [0.15, 0.2) is 0 Å². The lowest BCUT2D eigenvalue weighted by atomic mass is 10.0. The fourth-order valence-corrected chi connectivity index (χ4v) is 2.17. The van der Waals surface area contributed by atoms with Gasteiger partial charge in [0.05, 0.1) is 0 Å². The van der Waals surface area contributed by atoms with E-state index in [-0.39, 0.29) is 0 Å². The van der Waals surface area contributed by atoms with E-state index in [1.54, 1.807) is 0 Å². The van der Waals surface area contributed by atoms with Crippen molar-refractivity contribution in [3.63, 3.8) is 0 Å². The molecular weight excluding hydrogens is 186 g/mol. The molecule has 1 aliphatic rings. The maximum atomic E-state index is 3.63. The highest BCUT2D eigenvalue weighted by molar-refractivity contribution is 4.85. The molecule has 0 radical (unpaired) electrons. The molecule has 1 unspecified atom stereocenters. The highest BCUT2D eigenvalue weighted by Crippen LogP contribution is 2.15. The van der Waals surface area contributed by atoms with Crippen LogP contribution in [0.1, 0.15) is 27.2 Å². The SMILES string of the molecule is CN(C)CC1CN(C(C)(C)C)CCCN1. The van der Waals surface area contributed by atoms with Crippen molar-refractivity contribution in [3.05, 3.63) is 0 Å². The first kappa shape index (κ1) is 12.9. The van der Waals surface area contributed by atoms with Crippen LogP contribution < -0.4 is 5.32 Å². The Labute approximate surface area is 94.8 Å². The van der Waals surface area contributed by atoms with Gasteiger partial charge in [-0.1, -0.05) is 0 Å². The number of rotatable bonds is 2. The van der Waals surface area contributed by atoms with Gasteiger partial charge >= 0.3 is 0 Å². The fourth-order valence-electron chi connectivity index (χ4n) is 2.17. The van der Waals surface area contributed by atoms with E-state index < -0.39 is 0 Å². The Bertz CT molecular complexity index is 184. The van der Waals surface area contributed by atoms with Crippen molar-refractivity contribution >= 4 is 0 Å². The maximum Gasteiger partial charge on any atom is 0.0322 e. The van der Waals surface area contributed by atoms with Crippen LogP contribution in [0.15, 0.2) is 0 Å². The van der Waals surface area contributed by atoms with Crippen LogP contribution in [0.4, 0.5) is 0 Å². The molecule has 0 amide bonds. The second kappa shape index (κ2) is 5.28. The summed E-state index contributed by atoms with van der Waals surface area (Å²) in [7, 11) is 4.29. The van der Waals surface area contributed by atoms with E-state index in [1.807, 2.05) is 0 Å². The lowest BCUT2D eigenvalue weighted by molar-refractivity contribution is 0.128. The van der Waals surface area contributed by atoms with Crippen LogP contribution in [0.5, 0.6) is 0 Å². The Balaban J connectivity index is 2.53. The maximum absolute atomic E-state index is 3.63. The van der Waals surface area contributed by atoms with E-state index in [2.05, 4.69) is 50.0 Å². The summed E-state index contributed by atoms with van der Waals surface area (Å²) in [5.74, 6) is 0. The molecule has 1 aliphatic heterocycles.